The molecule has 6 heteroatoms. The normalized spacial score (nSPS) is 10.1. The number of nitrogens with zero attached hydrogens (tertiary/aromatic N) is 2. The van der Waals surface area contributed by atoms with E-state index >= 15 is 0 Å². The Morgan fingerprint density at radius 2 is 1.92 bits per heavy atom. The number of amides is 1. The van der Waals surface area contributed by atoms with Crippen molar-refractivity contribution in [3.05, 3.63) is 65.5 Å². The predicted molar refractivity (Wildman–Crippen MR) is 98.1 cm³/mol. The SMILES string of the molecule is N#Cc1ccc(NC(=O)CSc2nc(-c3ccccc3)cs2)cc1. The number of carbonyl (C=O) groups is 1. The first kappa shape index (κ1) is 16.2. The zero-order valence-electron chi connectivity index (χ0n) is 12.6. The predicted octanol–water partition coefficient (Wildman–Crippen LogP) is 4.41. The molecule has 3 aromatic rings. The molecular formula is C18H13N3OS2. The van der Waals surface area contributed by atoms with Crippen LogP contribution in [0.25, 0.3) is 11.3 Å². The van der Waals surface area contributed by atoms with Crippen LogP contribution in [0.4, 0.5) is 5.69 Å². The molecule has 4 nitrogen and oxygen atoms in total. The summed E-state index contributed by atoms with van der Waals surface area (Å²) in [5.74, 6) is 0.197. The lowest BCUT2D eigenvalue weighted by atomic mass is 10.2. The van der Waals surface area contributed by atoms with Gasteiger partial charge in [-0.05, 0) is 24.3 Å². The second-order valence-electron chi connectivity index (χ2n) is 4.89. The van der Waals surface area contributed by atoms with E-state index in [9.17, 15) is 4.79 Å². The second-order valence-corrected chi connectivity index (χ2v) is 6.97. The number of hydrogen-bond acceptors (Lipinski definition) is 5. The number of thiazole rings is 1. The third-order valence-electron chi connectivity index (χ3n) is 3.18. The summed E-state index contributed by atoms with van der Waals surface area (Å²) in [7, 11) is 0. The lowest BCUT2D eigenvalue weighted by Gasteiger charge is -2.04. The van der Waals surface area contributed by atoms with Crippen LogP contribution in [0.5, 0.6) is 0 Å². The molecule has 3 rings (SSSR count). The fourth-order valence-corrected chi connectivity index (χ4v) is 3.65. The van der Waals surface area contributed by atoms with Crippen LogP contribution >= 0.6 is 23.1 Å². The Balaban J connectivity index is 1.55. The van der Waals surface area contributed by atoms with Crippen molar-refractivity contribution in [3.8, 4) is 17.3 Å². The summed E-state index contributed by atoms with van der Waals surface area (Å²) in [5, 5.41) is 13.6. The van der Waals surface area contributed by atoms with E-state index in [2.05, 4.69) is 10.3 Å². The van der Waals surface area contributed by atoms with Crippen LogP contribution in [0.1, 0.15) is 5.56 Å². The Morgan fingerprint density at radius 1 is 1.17 bits per heavy atom. The Labute approximate surface area is 148 Å². The summed E-state index contributed by atoms with van der Waals surface area (Å²) in [6.45, 7) is 0. The van der Waals surface area contributed by atoms with E-state index in [-0.39, 0.29) is 5.91 Å². The molecule has 0 spiro atoms. The van der Waals surface area contributed by atoms with E-state index in [1.807, 2.05) is 41.8 Å². The Kier molecular flexibility index (Phi) is 5.26. The van der Waals surface area contributed by atoms with Crippen molar-refractivity contribution in [2.45, 2.75) is 4.34 Å². The smallest absolute Gasteiger partial charge is 0.234 e. The standard InChI is InChI=1S/C18H13N3OS2/c19-10-13-6-8-15(9-7-13)20-17(22)12-24-18-21-16(11-23-18)14-4-2-1-3-5-14/h1-9,11H,12H2,(H,20,22). The summed E-state index contributed by atoms with van der Waals surface area (Å²) < 4.78 is 0.865. The number of anilines is 1. The van der Waals surface area contributed by atoms with Gasteiger partial charge in [-0.15, -0.1) is 11.3 Å². The molecule has 1 aromatic heterocycles. The maximum absolute atomic E-state index is 12.0. The molecule has 0 atom stereocenters. The molecule has 0 unspecified atom stereocenters. The highest BCUT2D eigenvalue weighted by atomic mass is 32.2. The van der Waals surface area contributed by atoms with E-state index in [1.54, 1.807) is 24.3 Å². The fraction of sp³-hybridized carbons (Fsp3) is 0.0556. The number of carbonyl (C=O) groups excluding carboxylic acids is 1. The summed E-state index contributed by atoms with van der Waals surface area (Å²) in [6.07, 6.45) is 0. The number of thioether (sulfide) groups is 1. The van der Waals surface area contributed by atoms with Gasteiger partial charge in [0.05, 0.1) is 23.1 Å². The molecule has 2 aromatic carbocycles. The van der Waals surface area contributed by atoms with Crippen LogP contribution in [0.3, 0.4) is 0 Å². The molecule has 0 aliphatic carbocycles. The van der Waals surface area contributed by atoms with Crippen LogP contribution < -0.4 is 5.32 Å². The molecule has 1 N–H and O–H groups in total. The van der Waals surface area contributed by atoms with Crippen LogP contribution in [-0.4, -0.2) is 16.6 Å². The Bertz CT molecular complexity index is 867. The van der Waals surface area contributed by atoms with Gasteiger partial charge in [0.25, 0.3) is 0 Å². The van der Waals surface area contributed by atoms with Crippen molar-refractivity contribution in [2.24, 2.45) is 0 Å². The first-order chi connectivity index (χ1) is 11.7. The van der Waals surface area contributed by atoms with Crippen molar-refractivity contribution in [1.82, 2.24) is 4.98 Å². The number of nitriles is 1. The summed E-state index contributed by atoms with van der Waals surface area (Å²) >= 11 is 2.95. The molecule has 1 heterocycles. The van der Waals surface area contributed by atoms with Crippen molar-refractivity contribution >= 4 is 34.7 Å². The molecular weight excluding hydrogens is 338 g/mol. The van der Waals surface area contributed by atoms with Gasteiger partial charge in [-0.2, -0.15) is 5.26 Å². The number of benzene rings is 2. The van der Waals surface area contributed by atoms with Gasteiger partial charge < -0.3 is 5.32 Å². The molecule has 0 saturated carbocycles. The second kappa shape index (κ2) is 7.77. The van der Waals surface area contributed by atoms with E-state index in [0.717, 1.165) is 15.6 Å². The molecule has 118 valence electrons. The topological polar surface area (TPSA) is 65.8 Å². The molecule has 0 saturated heterocycles. The quantitative estimate of drug-likeness (QED) is 0.691. The third kappa shape index (κ3) is 4.22. The van der Waals surface area contributed by atoms with Gasteiger partial charge in [-0.1, -0.05) is 42.1 Å². The summed E-state index contributed by atoms with van der Waals surface area (Å²) in [4.78, 5) is 16.5. The average Bonchev–Trinajstić information content (AvgIpc) is 3.10. The minimum absolute atomic E-state index is 0.0961. The molecule has 24 heavy (non-hydrogen) atoms. The third-order valence-corrected chi connectivity index (χ3v) is 5.20. The zero-order valence-corrected chi connectivity index (χ0v) is 14.2. The molecule has 0 bridgehead atoms. The lowest BCUT2D eigenvalue weighted by molar-refractivity contribution is -0.113. The number of hydrogen-bond donors (Lipinski definition) is 1. The Morgan fingerprint density at radius 3 is 2.62 bits per heavy atom. The van der Waals surface area contributed by atoms with Crippen LogP contribution in [0, 0.1) is 11.3 Å². The van der Waals surface area contributed by atoms with Crippen molar-refractivity contribution < 1.29 is 4.79 Å². The van der Waals surface area contributed by atoms with Gasteiger partial charge in [0.1, 0.15) is 0 Å². The van der Waals surface area contributed by atoms with Gasteiger partial charge in [0, 0.05) is 16.6 Å². The molecule has 0 aliphatic heterocycles. The van der Waals surface area contributed by atoms with Gasteiger partial charge in [-0.3, -0.25) is 4.79 Å². The van der Waals surface area contributed by atoms with E-state index < -0.39 is 0 Å². The van der Waals surface area contributed by atoms with Crippen molar-refractivity contribution in [3.63, 3.8) is 0 Å². The molecule has 1 amide bonds. The largest absolute Gasteiger partial charge is 0.325 e. The van der Waals surface area contributed by atoms with Crippen molar-refractivity contribution in [2.75, 3.05) is 11.1 Å². The first-order valence-corrected chi connectivity index (χ1v) is 9.05. The monoisotopic (exact) mass is 351 g/mol. The summed E-state index contributed by atoms with van der Waals surface area (Å²) in [5.41, 5.74) is 3.25. The first-order valence-electron chi connectivity index (χ1n) is 7.18. The number of rotatable bonds is 5. The zero-order chi connectivity index (χ0) is 16.8. The average molecular weight is 351 g/mol. The minimum atomic E-state index is -0.0961. The molecule has 0 radical (unpaired) electrons. The highest BCUT2D eigenvalue weighted by Crippen LogP contribution is 2.28. The minimum Gasteiger partial charge on any atom is -0.325 e. The van der Waals surface area contributed by atoms with Gasteiger partial charge in [-0.25, -0.2) is 4.98 Å². The van der Waals surface area contributed by atoms with Crippen molar-refractivity contribution in [1.29, 1.82) is 5.26 Å². The van der Waals surface area contributed by atoms with Gasteiger partial charge >= 0.3 is 0 Å². The number of aromatic nitrogens is 1. The fourth-order valence-electron chi connectivity index (χ4n) is 2.02. The Hall–Kier alpha value is -2.62. The highest BCUT2D eigenvalue weighted by Gasteiger charge is 2.08. The number of nitrogens with one attached hydrogen (secondary N) is 1. The van der Waals surface area contributed by atoms with Crippen LogP contribution in [-0.2, 0) is 4.79 Å². The maximum Gasteiger partial charge on any atom is 0.234 e. The van der Waals surface area contributed by atoms with E-state index in [1.165, 1.54) is 23.1 Å². The lowest BCUT2D eigenvalue weighted by Crippen LogP contribution is -2.13. The van der Waals surface area contributed by atoms with E-state index in [4.69, 9.17) is 5.26 Å². The summed E-state index contributed by atoms with van der Waals surface area (Å²) in [6, 6.07) is 18.8. The molecule has 0 aliphatic rings. The maximum atomic E-state index is 12.0. The molecule has 0 fully saturated rings. The van der Waals surface area contributed by atoms with Crippen LogP contribution in [0.2, 0.25) is 0 Å². The van der Waals surface area contributed by atoms with Crippen LogP contribution in [0.15, 0.2) is 64.3 Å². The van der Waals surface area contributed by atoms with Gasteiger partial charge in [0.15, 0.2) is 4.34 Å². The van der Waals surface area contributed by atoms with Gasteiger partial charge in [0.2, 0.25) is 5.91 Å². The highest BCUT2D eigenvalue weighted by molar-refractivity contribution is 8.01. The van der Waals surface area contributed by atoms with E-state index in [0.29, 0.717) is 17.0 Å².